The van der Waals surface area contributed by atoms with Crippen LogP contribution in [0.4, 0.5) is 13.2 Å². The van der Waals surface area contributed by atoms with E-state index in [1.165, 1.54) is 33.7 Å². The summed E-state index contributed by atoms with van der Waals surface area (Å²) in [5.41, 5.74) is 1.89. The van der Waals surface area contributed by atoms with Crippen molar-refractivity contribution in [1.29, 1.82) is 0 Å². The maximum atomic E-state index is 12.4. The van der Waals surface area contributed by atoms with Gasteiger partial charge in [-0.25, -0.2) is 0 Å². The van der Waals surface area contributed by atoms with Crippen LogP contribution in [0, 0.1) is 0 Å². The van der Waals surface area contributed by atoms with E-state index in [1.807, 2.05) is 6.07 Å². The molecule has 0 aliphatic rings. The van der Waals surface area contributed by atoms with E-state index in [4.69, 9.17) is 4.52 Å². The first kappa shape index (κ1) is 23.7. The Morgan fingerprint density at radius 2 is 1.77 bits per heavy atom. The van der Waals surface area contributed by atoms with Gasteiger partial charge in [0.25, 0.3) is 17.4 Å². The Bertz CT molecular complexity index is 1410. The lowest BCUT2D eigenvalue weighted by Crippen LogP contribution is -2.22. The Morgan fingerprint density at radius 3 is 2.46 bits per heavy atom. The smallest absolute Gasteiger partial charge is 0.406 e. The number of aromatic nitrogens is 3. The monoisotopic (exact) mass is 484 g/mol. The predicted octanol–water partition coefficient (Wildman–Crippen LogP) is 4.21. The van der Waals surface area contributed by atoms with Crippen LogP contribution in [0.5, 0.6) is 5.75 Å². The fourth-order valence-electron chi connectivity index (χ4n) is 3.30. The average Bonchev–Trinajstić information content (AvgIpc) is 3.30. The first-order valence-electron chi connectivity index (χ1n) is 10.3. The third-order valence-electron chi connectivity index (χ3n) is 4.94. The van der Waals surface area contributed by atoms with E-state index in [-0.39, 0.29) is 35.5 Å². The molecule has 0 N–H and O–H groups in total. The highest BCUT2D eigenvalue weighted by Crippen LogP contribution is 2.26. The van der Waals surface area contributed by atoms with Crippen molar-refractivity contribution < 1.29 is 27.2 Å². The van der Waals surface area contributed by atoms with E-state index in [2.05, 4.69) is 14.9 Å². The van der Waals surface area contributed by atoms with Crippen LogP contribution in [0.15, 0.2) is 76.2 Å². The second-order valence-electron chi connectivity index (χ2n) is 7.78. The normalized spacial score (nSPS) is 11.3. The van der Waals surface area contributed by atoms with Crippen LogP contribution >= 0.6 is 0 Å². The minimum atomic E-state index is -4.78. The van der Waals surface area contributed by atoms with Crippen molar-refractivity contribution in [1.82, 2.24) is 19.6 Å². The number of amides is 1. The number of ether oxygens (including phenoxy) is 1. The van der Waals surface area contributed by atoms with Gasteiger partial charge in [0.2, 0.25) is 5.82 Å². The van der Waals surface area contributed by atoms with Gasteiger partial charge in [-0.2, -0.15) is 4.98 Å². The Kier molecular flexibility index (Phi) is 6.41. The molecule has 0 aliphatic heterocycles. The van der Waals surface area contributed by atoms with E-state index in [1.54, 1.807) is 38.5 Å². The highest BCUT2D eigenvalue weighted by atomic mass is 19.4. The summed E-state index contributed by atoms with van der Waals surface area (Å²) in [6.45, 7) is 0.211. The molecular formula is C24H19F3N4O4. The number of carbonyl (C=O) groups is 1. The van der Waals surface area contributed by atoms with E-state index in [9.17, 15) is 22.8 Å². The van der Waals surface area contributed by atoms with Crippen molar-refractivity contribution in [3.63, 3.8) is 0 Å². The first-order chi connectivity index (χ1) is 16.6. The molecule has 0 radical (unpaired) electrons. The Morgan fingerprint density at radius 1 is 1.06 bits per heavy atom. The van der Waals surface area contributed by atoms with Gasteiger partial charge in [-0.15, -0.1) is 13.2 Å². The molecule has 2 aromatic heterocycles. The topological polar surface area (TPSA) is 90.5 Å². The molecule has 11 heteroatoms. The summed E-state index contributed by atoms with van der Waals surface area (Å²) in [4.78, 5) is 30.4. The number of benzene rings is 2. The summed E-state index contributed by atoms with van der Waals surface area (Å²) in [5, 5.41) is 3.87. The summed E-state index contributed by atoms with van der Waals surface area (Å²) in [6.07, 6.45) is -3.23. The van der Waals surface area contributed by atoms with Crippen LogP contribution in [-0.2, 0) is 6.54 Å². The van der Waals surface area contributed by atoms with Crippen molar-refractivity contribution in [3.8, 4) is 28.6 Å². The molecule has 0 saturated heterocycles. The van der Waals surface area contributed by atoms with E-state index >= 15 is 0 Å². The standard InChI is InChI=1S/C24H19F3N4O4/c1-30(2)23(33)17-5-3-4-15(12-17)13-31-14-18(8-11-20(31)32)22-28-21(29-35-22)16-6-9-19(10-7-16)34-24(25,26)27/h3-12,14H,13H2,1-2H3. The van der Waals surface area contributed by atoms with Crippen molar-refractivity contribution in [3.05, 3.63) is 88.3 Å². The molecule has 4 aromatic rings. The van der Waals surface area contributed by atoms with Crippen molar-refractivity contribution in [2.45, 2.75) is 12.9 Å². The van der Waals surface area contributed by atoms with Gasteiger partial charge in [-0.3, -0.25) is 9.59 Å². The number of carbonyl (C=O) groups excluding carboxylic acids is 1. The van der Waals surface area contributed by atoms with Crippen LogP contribution < -0.4 is 10.3 Å². The van der Waals surface area contributed by atoms with Crippen LogP contribution in [-0.4, -0.2) is 46.0 Å². The third kappa shape index (κ3) is 5.75. The van der Waals surface area contributed by atoms with Gasteiger partial charge in [0.15, 0.2) is 0 Å². The van der Waals surface area contributed by atoms with Gasteiger partial charge in [0.05, 0.1) is 12.1 Å². The summed E-state index contributed by atoms with van der Waals surface area (Å²) < 4.78 is 47.6. The Balaban J connectivity index is 1.56. The molecular weight excluding hydrogens is 465 g/mol. The molecule has 2 heterocycles. The Hall–Kier alpha value is -4.41. The zero-order chi connectivity index (χ0) is 25.2. The van der Waals surface area contributed by atoms with Crippen LogP contribution in [0.1, 0.15) is 15.9 Å². The number of nitrogens with zero attached hydrogens (tertiary/aromatic N) is 4. The number of halogens is 3. The molecule has 4 rings (SSSR count). The minimum absolute atomic E-state index is 0.126. The van der Waals surface area contributed by atoms with Crippen LogP contribution in [0.25, 0.3) is 22.8 Å². The molecule has 180 valence electrons. The highest BCUT2D eigenvalue weighted by Gasteiger charge is 2.31. The van der Waals surface area contributed by atoms with E-state index < -0.39 is 6.36 Å². The third-order valence-corrected chi connectivity index (χ3v) is 4.94. The molecule has 0 bridgehead atoms. The van der Waals surface area contributed by atoms with Crippen molar-refractivity contribution >= 4 is 5.91 Å². The van der Waals surface area contributed by atoms with Crippen molar-refractivity contribution in [2.24, 2.45) is 0 Å². The van der Waals surface area contributed by atoms with E-state index in [0.717, 1.165) is 17.7 Å². The van der Waals surface area contributed by atoms with Crippen LogP contribution in [0.2, 0.25) is 0 Å². The SMILES string of the molecule is CN(C)C(=O)c1cccc(Cn2cc(-c3nc(-c4ccc(OC(F)(F)F)cc4)no3)ccc2=O)c1. The lowest BCUT2D eigenvalue weighted by molar-refractivity contribution is -0.274. The lowest BCUT2D eigenvalue weighted by atomic mass is 10.1. The minimum Gasteiger partial charge on any atom is -0.406 e. The highest BCUT2D eigenvalue weighted by molar-refractivity contribution is 5.94. The number of hydrogen-bond acceptors (Lipinski definition) is 6. The lowest BCUT2D eigenvalue weighted by Gasteiger charge is -2.12. The van der Waals surface area contributed by atoms with Gasteiger partial charge in [0, 0.05) is 37.5 Å². The van der Waals surface area contributed by atoms with Gasteiger partial charge in [0.1, 0.15) is 5.75 Å². The maximum absolute atomic E-state index is 12.4. The van der Waals surface area contributed by atoms with Gasteiger partial charge in [-0.1, -0.05) is 17.3 Å². The molecule has 0 saturated carbocycles. The number of alkyl halides is 3. The summed E-state index contributed by atoms with van der Waals surface area (Å²) >= 11 is 0. The number of pyridine rings is 1. The molecule has 0 aliphatic carbocycles. The quantitative estimate of drug-likeness (QED) is 0.407. The zero-order valence-electron chi connectivity index (χ0n) is 18.6. The van der Waals surface area contributed by atoms with Crippen LogP contribution in [0.3, 0.4) is 0 Å². The summed E-state index contributed by atoms with van der Waals surface area (Å²) in [5.74, 6) is -0.232. The number of rotatable bonds is 6. The van der Waals surface area contributed by atoms with Gasteiger partial charge >= 0.3 is 6.36 Å². The summed E-state index contributed by atoms with van der Waals surface area (Å²) in [7, 11) is 3.32. The molecule has 0 unspecified atom stereocenters. The largest absolute Gasteiger partial charge is 0.573 e. The molecule has 0 atom stereocenters. The second-order valence-corrected chi connectivity index (χ2v) is 7.78. The molecule has 1 amide bonds. The Labute approximate surface area is 197 Å². The fraction of sp³-hybridized carbons (Fsp3) is 0.167. The molecule has 2 aromatic carbocycles. The molecule has 8 nitrogen and oxygen atoms in total. The van der Waals surface area contributed by atoms with Gasteiger partial charge < -0.3 is 18.7 Å². The first-order valence-corrected chi connectivity index (χ1v) is 10.3. The number of hydrogen-bond donors (Lipinski definition) is 0. The molecule has 0 fully saturated rings. The average molecular weight is 484 g/mol. The predicted molar refractivity (Wildman–Crippen MR) is 120 cm³/mol. The zero-order valence-corrected chi connectivity index (χ0v) is 18.6. The van der Waals surface area contributed by atoms with Crippen molar-refractivity contribution in [2.75, 3.05) is 14.1 Å². The summed E-state index contributed by atoms with van der Waals surface area (Å²) in [6, 6.07) is 14.9. The maximum Gasteiger partial charge on any atom is 0.573 e. The fourth-order valence-corrected chi connectivity index (χ4v) is 3.30. The second kappa shape index (κ2) is 9.45. The molecule has 0 spiro atoms. The van der Waals surface area contributed by atoms with E-state index in [0.29, 0.717) is 16.7 Å². The van der Waals surface area contributed by atoms with Gasteiger partial charge in [-0.05, 0) is 48.0 Å². The molecule has 35 heavy (non-hydrogen) atoms.